The minimum Gasteiger partial charge on any atom is -0.486 e. The highest BCUT2D eigenvalue weighted by atomic mass is 35.5. The fourth-order valence-electron chi connectivity index (χ4n) is 2.15. The molecule has 0 fully saturated rings. The Kier molecular flexibility index (Phi) is 7.07. The largest absolute Gasteiger partial charge is 0.486 e. The summed E-state index contributed by atoms with van der Waals surface area (Å²) >= 11 is 6.06. The van der Waals surface area contributed by atoms with Gasteiger partial charge >= 0.3 is 0 Å². The molecule has 1 aromatic carbocycles. The number of allylic oxidation sites excluding steroid dienone is 4. The van der Waals surface area contributed by atoms with Crippen LogP contribution >= 0.6 is 11.6 Å². The minimum atomic E-state index is 0.354. The zero-order valence-corrected chi connectivity index (χ0v) is 15.3. The van der Waals surface area contributed by atoms with Crippen molar-refractivity contribution in [2.24, 2.45) is 0 Å². The number of ether oxygens (including phenoxy) is 1. The summed E-state index contributed by atoms with van der Waals surface area (Å²) in [4.78, 5) is 0. The topological polar surface area (TPSA) is 39.9 Å². The first-order valence-electron chi connectivity index (χ1n) is 8.10. The van der Waals surface area contributed by atoms with Crippen LogP contribution in [0.15, 0.2) is 53.8 Å². The molecule has 0 N–H and O–H groups in total. The SMILES string of the molecule is CC(C)=CCCC(C)=CCn1cc(COc2ccccc2Cl)nn1. The first kappa shape index (κ1) is 18.3. The second-order valence-corrected chi connectivity index (χ2v) is 6.43. The summed E-state index contributed by atoms with van der Waals surface area (Å²) in [7, 11) is 0. The molecule has 0 amide bonds. The zero-order chi connectivity index (χ0) is 17.4. The van der Waals surface area contributed by atoms with Gasteiger partial charge < -0.3 is 4.74 Å². The number of rotatable bonds is 8. The molecule has 2 aromatic rings. The van der Waals surface area contributed by atoms with Crippen LogP contribution in [0.1, 0.15) is 39.3 Å². The molecule has 2 rings (SSSR count). The monoisotopic (exact) mass is 345 g/mol. The number of nitrogens with zero attached hydrogens (tertiary/aromatic N) is 3. The second-order valence-electron chi connectivity index (χ2n) is 6.02. The number of aromatic nitrogens is 3. The Balaban J connectivity index is 1.82. The molecule has 0 radical (unpaired) electrons. The highest BCUT2D eigenvalue weighted by molar-refractivity contribution is 6.32. The van der Waals surface area contributed by atoms with E-state index >= 15 is 0 Å². The molecular formula is C19H24ClN3O. The Morgan fingerprint density at radius 2 is 2.00 bits per heavy atom. The van der Waals surface area contributed by atoms with Crippen molar-refractivity contribution < 1.29 is 4.74 Å². The molecule has 1 heterocycles. The fraction of sp³-hybridized carbons (Fsp3) is 0.368. The molecule has 0 unspecified atom stereocenters. The first-order valence-corrected chi connectivity index (χ1v) is 8.47. The van der Waals surface area contributed by atoms with E-state index in [2.05, 4.69) is 43.2 Å². The third-order valence-corrected chi connectivity index (χ3v) is 3.83. The molecule has 0 spiro atoms. The highest BCUT2D eigenvalue weighted by Gasteiger charge is 2.04. The molecule has 5 heteroatoms. The normalized spacial score (nSPS) is 11.4. The van der Waals surface area contributed by atoms with Crippen molar-refractivity contribution in [3.8, 4) is 5.75 Å². The van der Waals surface area contributed by atoms with Crippen molar-refractivity contribution >= 4 is 11.6 Å². The van der Waals surface area contributed by atoms with Crippen LogP contribution in [0.25, 0.3) is 0 Å². The molecule has 0 saturated heterocycles. The standard InChI is InChI=1S/C19H24ClN3O/c1-15(2)7-6-8-16(3)11-12-23-13-17(21-22-23)14-24-19-10-5-4-9-18(19)20/h4-5,7,9-11,13H,6,8,12,14H2,1-3H3. The van der Waals surface area contributed by atoms with Crippen molar-refractivity contribution in [2.75, 3.05) is 0 Å². The van der Waals surface area contributed by atoms with Crippen LogP contribution in [-0.2, 0) is 13.2 Å². The molecule has 0 aliphatic heterocycles. The van der Waals surface area contributed by atoms with Crippen LogP contribution in [0.5, 0.6) is 5.75 Å². The lowest BCUT2D eigenvalue weighted by molar-refractivity contribution is 0.301. The molecule has 1 aromatic heterocycles. The van der Waals surface area contributed by atoms with Gasteiger partial charge in [0.1, 0.15) is 18.1 Å². The third kappa shape index (κ3) is 6.20. The molecule has 4 nitrogen and oxygen atoms in total. The summed E-state index contributed by atoms with van der Waals surface area (Å²) in [5, 5.41) is 8.86. The smallest absolute Gasteiger partial charge is 0.138 e. The molecule has 24 heavy (non-hydrogen) atoms. The van der Waals surface area contributed by atoms with Crippen molar-refractivity contribution in [1.29, 1.82) is 0 Å². The Bertz CT molecular complexity index is 715. The van der Waals surface area contributed by atoms with E-state index in [-0.39, 0.29) is 0 Å². The maximum absolute atomic E-state index is 6.06. The summed E-state index contributed by atoms with van der Waals surface area (Å²) in [6.45, 7) is 7.48. The molecule has 128 valence electrons. The predicted molar refractivity (Wildman–Crippen MR) is 98.2 cm³/mol. The zero-order valence-electron chi connectivity index (χ0n) is 14.5. The average Bonchev–Trinajstić information content (AvgIpc) is 3.00. The first-order chi connectivity index (χ1) is 11.5. The van der Waals surface area contributed by atoms with E-state index in [1.807, 2.05) is 29.1 Å². The van der Waals surface area contributed by atoms with Crippen molar-refractivity contribution in [3.63, 3.8) is 0 Å². The van der Waals surface area contributed by atoms with E-state index in [1.54, 1.807) is 6.07 Å². The minimum absolute atomic E-state index is 0.354. The van der Waals surface area contributed by atoms with Gasteiger partial charge in [-0.15, -0.1) is 5.10 Å². The lowest BCUT2D eigenvalue weighted by Crippen LogP contribution is -1.97. The maximum atomic E-state index is 6.06. The third-order valence-electron chi connectivity index (χ3n) is 3.52. The number of benzene rings is 1. The van der Waals surface area contributed by atoms with Gasteiger partial charge in [0, 0.05) is 0 Å². The second kappa shape index (κ2) is 9.28. The Morgan fingerprint density at radius 1 is 1.21 bits per heavy atom. The Labute approximate surface area is 148 Å². The van der Waals surface area contributed by atoms with E-state index < -0.39 is 0 Å². The lowest BCUT2D eigenvalue weighted by Gasteiger charge is -2.04. The molecule has 0 saturated carbocycles. The number of hydrogen-bond donors (Lipinski definition) is 0. The van der Waals surface area contributed by atoms with E-state index in [1.165, 1.54) is 11.1 Å². The van der Waals surface area contributed by atoms with Crippen LogP contribution in [0.3, 0.4) is 0 Å². The van der Waals surface area contributed by atoms with E-state index in [9.17, 15) is 0 Å². The van der Waals surface area contributed by atoms with Gasteiger partial charge in [0.15, 0.2) is 0 Å². The quantitative estimate of drug-likeness (QED) is 0.617. The molecule has 0 atom stereocenters. The van der Waals surface area contributed by atoms with Gasteiger partial charge in [-0.05, 0) is 45.7 Å². The number of para-hydroxylation sites is 1. The van der Waals surface area contributed by atoms with Gasteiger partial charge in [-0.3, -0.25) is 0 Å². The average molecular weight is 346 g/mol. The van der Waals surface area contributed by atoms with Crippen LogP contribution in [0.4, 0.5) is 0 Å². The van der Waals surface area contributed by atoms with Crippen LogP contribution in [0, 0.1) is 0 Å². The molecule has 0 bridgehead atoms. The van der Waals surface area contributed by atoms with Gasteiger partial charge in [0.25, 0.3) is 0 Å². The van der Waals surface area contributed by atoms with Gasteiger partial charge in [0.2, 0.25) is 0 Å². The van der Waals surface area contributed by atoms with Crippen LogP contribution in [-0.4, -0.2) is 15.0 Å². The van der Waals surface area contributed by atoms with Gasteiger partial charge in [-0.2, -0.15) is 0 Å². The number of halogens is 1. The summed E-state index contributed by atoms with van der Waals surface area (Å²) in [6, 6.07) is 7.40. The van der Waals surface area contributed by atoms with Crippen molar-refractivity contribution in [3.05, 3.63) is 64.5 Å². The van der Waals surface area contributed by atoms with Gasteiger partial charge in [-0.25, -0.2) is 4.68 Å². The highest BCUT2D eigenvalue weighted by Crippen LogP contribution is 2.23. The van der Waals surface area contributed by atoms with E-state index in [4.69, 9.17) is 16.3 Å². The summed E-state index contributed by atoms with van der Waals surface area (Å²) in [5.74, 6) is 0.656. The van der Waals surface area contributed by atoms with Crippen molar-refractivity contribution in [1.82, 2.24) is 15.0 Å². The summed E-state index contributed by atoms with van der Waals surface area (Å²) < 4.78 is 7.48. The molecular weight excluding hydrogens is 322 g/mol. The van der Waals surface area contributed by atoms with Gasteiger partial charge in [-0.1, -0.05) is 52.2 Å². The Hall–Kier alpha value is -2.07. The predicted octanol–water partition coefficient (Wildman–Crippen LogP) is 5.20. The van der Waals surface area contributed by atoms with Crippen molar-refractivity contribution in [2.45, 2.75) is 46.8 Å². The molecule has 0 aliphatic rings. The summed E-state index contributed by atoms with van der Waals surface area (Å²) in [6.07, 6.45) is 8.50. The van der Waals surface area contributed by atoms with Crippen LogP contribution < -0.4 is 4.74 Å². The number of hydrogen-bond acceptors (Lipinski definition) is 3. The van der Waals surface area contributed by atoms with Crippen LogP contribution in [0.2, 0.25) is 5.02 Å². The Morgan fingerprint density at radius 3 is 2.75 bits per heavy atom. The van der Waals surface area contributed by atoms with Gasteiger partial charge in [0.05, 0.1) is 17.8 Å². The van der Waals surface area contributed by atoms with E-state index in [0.717, 1.165) is 25.1 Å². The molecule has 0 aliphatic carbocycles. The summed E-state index contributed by atoms with van der Waals surface area (Å²) in [5.41, 5.74) is 3.50. The maximum Gasteiger partial charge on any atom is 0.138 e. The lowest BCUT2D eigenvalue weighted by atomic mass is 10.1. The van der Waals surface area contributed by atoms with E-state index in [0.29, 0.717) is 17.4 Å². The fourth-order valence-corrected chi connectivity index (χ4v) is 2.34.